The zero-order valence-corrected chi connectivity index (χ0v) is 17.4. The van der Waals surface area contributed by atoms with Crippen molar-refractivity contribution in [1.82, 2.24) is 4.90 Å². The molecule has 0 saturated carbocycles. The number of carbonyl (C=O) groups is 3. The largest absolute Gasteiger partial charge is 0.465 e. The predicted molar refractivity (Wildman–Crippen MR) is 116 cm³/mol. The number of ether oxygens (including phenoxy) is 1. The summed E-state index contributed by atoms with van der Waals surface area (Å²) >= 11 is 6.01. The molecule has 2 amide bonds. The van der Waals surface area contributed by atoms with Crippen molar-refractivity contribution in [3.63, 3.8) is 0 Å². The molecule has 1 aliphatic rings. The maximum absolute atomic E-state index is 12.6. The third-order valence-electron chi connectivity index (χ3n) is 5.03. The molecular weight excluding hydrogens is 404 g/mol. The van der Waals surface area contributed by atoms with Crippen molar-refractivity contribution in [1.29, 1.82) is 0 Å². The predicted octanol–water partition coefficient (Wildman–Crippen LogP) is 4.02. The lowest BCUT2D eigenvalue weighted by Gasteiger charge is -2.30. The van der Waals surface area contributed by atoms with Crippen LogP contribution in [-0.4, -0.2) is 42.9 Å². The van der Waals surface area contributed by atoms with Crippen LogP contribution in [0.4, 0.5) is 5.69 Å². The molecule has 0 radical (unpaired) electrons. The first kappa shape index (κ1) is 21.6. The van der Waals surface area contributed by atoms with Gasteiger partial charge in [0.2, 0.25) is 11.8 Å². The number of benzene rings is 2. The molecule has 0 aliphatic carbocycles. The highest BCUT2D eigenvalue weighted by Crippen LogP contribution is 2.24. The van der Waals surface area contributed by atoms with Gasteiger partial charge in [0, 0.05) is 30.8 Å². The van der Waals surface area contributed by atoms with Gasteiger partial charge in [-0.15, -0.1) is 0 Å². The number of esters is 1. The number of rotatable bonds is 5. The van der Waals surface area contributed by atoms with Crippen molar-refractivity contribution in [3.8, 4) is 0 Å². The zero-order chi connectivity index (χ0) is 21.5. The van der Waals surface area contributed by atoms with E-state index in [1.54, 1.807) is 29.2 Å². The minimum Gasteiger partial charge on any atom is -0.465 e. The molecule has 1 N–H and O–H groups in total. The number of halogens is 1. The van der Waals surface area contributed by atoms with Crippen LogP contribution in [0.15, 0.2) is 54.6 Å². The van der Waals surface area contributed by atoms with Gasteiger partial charge in [-0.1, -0.05) is 41.9 Å². The normalized spacial score (nSPS) is 14.5. The fraction of sp³-hybridized carbons (Fsp3) is 0.261. The van der Waals surface area contributed by atoms with E-state index in [4.69, 9.17) is 16.3 Å². The smallest absolute Gasteiger partial charge is 0.339 e. The van der Waals surface area contributed by atoms with E-state index in [2.05, 4.69) is 5.32 Å². The van der Waals surface area contributed by atoms with Crippen molar-refractivity contribution in [2.45, 2.75) is 12.8 Å². The van der Waals surface area contributed by atoms with Gasteiger partial charge in [-0.3, -0.25) is 9.59 Å². The number of piperidine rings is 1. The lowest BCUT2D eigenvalue weighted by atomic mass is 9.95. The average Bonchev–Trinajstić information content (AvgIpc) is 2.79. The van der Waals surface area contributed by atoms with Gasteiger partial charge in [-0.05, 0) is 42.7 Å². The number of methoxy groups -OCH3 is 1. The van der Waals surface area contributed by atoms with Crippen LogP contribution in [0, 0.1) is 5.92 Å². The third-order valence-corrected chi connectivity index (χ3v) is 5.36. The van der Waals surface area contributed by atoms with Gasteiger partial charge < -0.3 is 15.0 Å². The first-order valence-corrected chi connectivity index (χ1v) is 10.1. The van der Waals surface area contributed by atoms with Crippen molar-refractivity contribution in [3.05, 3.63) is 70.8 Å². The molecule has 0 atom stereocenters. The Bertz CT molecular complexity index is 951. The highest BCUT2D eigenvalue weighted by atomic mass is 35.5. The number of nitrogens with zero attached hydrogens (tertiary/aromatic N) is 1. The quantitative estimate of drug-likeness (QED) is 0.578. The second kappa shape index (κ2) is 10.1. The van der Waals surface area contributed by atoms with Crippen LogP contribution in [-0.2, 0) is 14.3 Å². The fourth-order valence-electron chi connectivity index (χ4n) is 3.31. The van der Waals surface area contributed by atoms with Crippen LogP contribution in [0.1, 0.15) is 28.8 Å². The van der Waals surface area contributed by atoms with E-state index in [0.717, 1.165) is 5.56 Å². The van der Waals surface area contributed by atoms with Crippen LogP contribution in [0.3, 0.4) is 0 Å². The molecule has 7 heteroatoms. The standard InChI is InChI=1S/C23H23ClN2O4/c1-30-23(29)19-15-18(8-9-20(19)24)25-22(28)17-11-13-26(14-12-17)21(27)10-7-16-5-3-2-4-6-16/h2-10,15,17H,11-14H2,1H3,(H,25,28)/b10-7+. The van der Waals surface area contributed by atoms with Gasteiger partial charge >= 0.3 is 5.97 Å². The van der Waals surface area contributed by atoms with Crippen molar-refractivity contribution >= 4 is 41.1 Å². The summed E-state index contributed by atoms with van der Waals surface area (Å²) in [5, 5.41) is 3.09. The second-order valence-corrected chi connectivity index (χ2v) is 7.43. The zero-order valence-electron chi connectivity index (χ0n) is 16.6. The number of nitrogens with one attached hydrogen (secondary N) is 1. The third kappa shape index (κ3) is 5.48. The Hall–Kier alpha value is -3.12. The van der Waals surface area contributed by atoms with E-state index in [0.29, 0.717) is 31.6 Å². The SMILES string of the molecule is COC(=O)c1cc(NC(=O)C2CCN(C(=O)/C=C/c3ccccc3)CC2)ccc1Cl. The van der Waals surface area contributed by atoms with E-state index in [1.165, 1.54) is 13.2 Å². The Morgan fingerprint density at radius 1 is 1.10 bits per heavy atom. The van der Waals surface area contributed by atoms with Crippen LogP contribution in [0.5, 0.6) is 0 Å². The van der Waals surface area contributed by atoms with Crippen molar-refractivity contribution in [2.75, 3.05) is 25.5 Å². The second-order valence-electron chi connectivity index (χ2n) is 7.02. The average molecular weight is 427 g/mol. The fourth-order valence-corrected chi connectivity index (χ4v) is 3.51. The number of carbonyl (C=O) groups excluding carboxylic acids is 3. The number of hydrogen-bond acceptors (Lipinski definition) is 4. The van der Waals surface area contributed by atoms with Gasteiger partial charge in [-0.2, -0.15) is 0 Å². The Morgan fingerprint density at radius 2 is 1.80 bits per heavy atom. The van der Waals surface area contributed by atoms with Gasteiger partial charge in [0.25, 0.3) is 0 Å². The molecule has 3 rings (SSSR count). The molecule has 1 aliphatic heterocycles. The highest BCUT2D eigenvalue weighted by Gasteiger charge is 2.27. The molecule has 0 unspecified atom stereocenters. The van der Waals surface area contributed by atoms with Gasteiger partial charge in [0.1, 0.15) is 0 Å². The Balaban J connectivity index is 1.53. The molecule has 0 bridgehead atoms. The molecule has 30 heavy (non-hydrogen) atoms. The summed E-state index contributed by atoms with van der Waals surface area (Å²) in [5.41, 5.74) is 1.64. The first-order valence-electron chi connectivity index (χ1n) is 9.68. The first-order chi connectivity index (χ1) is 14.5. The number of likely N-dealkylation sites (tertiary alicyclic amines) is 1. The lowest BCUT2D eigenvalue weighted by molar-refractivity contribution is -0.130. The molecule has 6 nitrogen and oxygen atoms in total. The molecule has 0 spiro atoms. The molecule has 1 heterocycles. The Labute approximate surface area is 180 Å². The van der Waals surface area contributed by atoms with Gasteiger partial charge in [0.15, 0.2) is 0 Å². The Kier molecular flexibility index (Phi) is 7.25. The molecule has 0 aromatic heterocycles. The maximum Gasteiger partial charge on any atom is 0.339 e. The summed E-state index contributed by atoms with van der Waals surface area (Å²) < 4.78 is 4.70. The van der Waals surface area contributed by atoms with Gasteiger partial charge in [-0.25, -0.2) is 4.79 Å². The number of anilines is 1. The minimum absolute atomic E-state index is 0.0573. The highest BCUT2D eigenvalue weighted by molar-refractivity contribution is 6.33. The molecule has 1 saturated heterocycles. The summed E-state index contributed by atoms with van der Waals surface area (Å²) in [6, 6.07) is 14.3. The molecule has 156 valence electrons. The summed E-state index contributed by atoms with van der Waals surface area (Å²) in [6.45, 7) is 1.04. The van der Waals surface area contributed by atoms with E-state index < -0.39 is 5.97 Å². The summed E-state index contributed by atoms with van der Waals surface area (Å²) in [6.07, 6.45) is 4.51. The van der Waals surface area contributed by atoms with Crippen LogP contribution < -0.4 is 5.32 Å². The van der Waals surface area contributed by atoms with Crippen LogP contribution in [0.25, 0.3) is 6.08 Å². The molecule has 2 aromatic rings. The van der Waals surface area contributed by atoms with E-state index >= 15 is 0 Å². The summed E-state index contributed by atoms with van der Waals surface area (Å²) in [5.74, 6) is -0.964. The maximum atomic E-state index is 12.6. The van der Waals surface area contributed by atoms with Gasteiger partial charge in [0.05, 0.1) is 17.7 Å². The summed E-state index contributed by atoms with van der Waals surface area (Å²) in [7, 11) is 1.27. The number of amides is 2. The lowest BCUT2D eigenvalue weighted by Crippen LogP contribution is -2.40. The number of hydrogen-bond donors (Lipinski definition) is 1. The van der Waals surface area contributed by atoms with Crippen LogP contribution >= 0.6 is 11.6 Å². The molecular formula is C23H23ClN2O4. The minimum atomic E-state index is -0.563. The summed E-state index contributed by atoms with van der Waals surface area (Å²) in [4.78, 5) is 38.5. The van der Waals surface area contributed by atoms with Crippen molar-refractivity contribution < 1.29 is 19.1 Å². The van der Waals surface area contributed by atoms with Crippen LogP contribution in [0.2, 0.25) is 5.02 Å². The van der Waals surface area contributed by atoms with E-state index in [9.17, 15) is 14.4 Å². The Morgan fingerprint density at radius 3 is 2.47 bits per heavy atom. The van der Waals surface area contributed by atoms with Crippen molar-refractivity contribution in [2.24, 2.45) is 5.92 Å². The topological polar surface area (TPSA) is 75.7 Å². The molecule has 1 fully saturated rings. The molecule has 2 aromatic carbocycles. The van der Waals surface area contributed by atoms with E-state index in [1.807, 2.05) is 30.3 Å². The van der Waals surface area contributed by atoms with E-state index in [-0.39, 0.29) is 28.3 Å². The monoisotopic (exact) mass is 426 g/mol.